The minimum atomic E-state index is -4.73. The lowest BCUT2D eigenvalue weighted by atomic mass is 10.1. The van der Waals surface area contributed by atoms with Gasteiger partial charge in [0.1, 0.15) is 11.4 Å². The first-order valence-corrected chi connectivity index (χ1v) is 5.33. The molecule has 0 atom stereocenters. The minimum absolute atomic E-state index is 0.469. The fourth-order valence-electron chi connectivity index (χ4n) is 0.967. The molecule has 0 saturated heterocycles. The van der Waals surface area contributed by atoms with Crippen molar-refractivity contribution in [3.05, 3.63) is 33.5 Å². The summed E-state index contributed by atoms with van der Waals surface area (Å²) in [4.78, 5) is 10.5. The number of benzene rings is 1. The van der Waals surface area contributed by atoms with E-state index in [2.05, 4.69) is 15.9 Å². The zero-order valence-corrected chi connectivity index (χ0v) is 10.5. The third-order valence-electron chi connectivity index (χ3n) is 1.61. The highest BCUT2D eigenvalue weighted by Gasteiger charge is 2.35. The second-order valence-electron chi connectivity index (χ2n) is 2.59. The van der Waals surface area contributed by atoms with Crippen molar-refractivity contribution >= 4 is 21.9 Å². The van der Waals surface area contributed by atoms with Crippen LogP contribution in [0.4, 0.5) is 17.6 Å². The van der Waals surface area contributed by atoms with Crippen molar-refractivity contribution in [2.75, 3.05) is 0 Å². The summed E-state index contributed by atoms with van der Waals surface area (Å²) in [5, 5.41) is 8.50. The Morgan fingerprint density at radius 3 is 2.12 bits per heavy atom. The number of carboxylic acids is 1. The molecule has 0 aliphatic carbocycles. The van der Waals surface area contributed by atoms with Crippen LogP contribution in [0.3, 0.4) is 0 Å². The van der Waals surface area contributed by atoms with E-state index >= 15 is 0 Å². The maximum absolute atomic E-state index is 12.9. The van der Waals surface area contributed by atoms with Gasteiger partial charge in [0, 0.05) is 4.47 Å². The summed E-state index contributed by atoms with van der Waals surface area (Å²) >= 11 is 2.43. The number of carbonyl (C=O) groups is 1. The lowest BCUT2D eigenvalue weighted by Crippen LogP contribution is -2.11. The molecule has 1 N–H and O–H groups in total. The maximum Gasteiger partial charge on any atom is 0.417 e. The Bertz CT molecular complexity index is 416. The molecule has 0 bridgehead atoms. The molecule has 1 rings (SSSR count). The molecule has 1 aromatic carbocycles. The molecule has 7 heteroatoms. The Morgan fingerprint density at radius 1 is 1.29 bits per heavy atom. The number of hydrogen-bond acceptors (Lipinski definition) is 1. The van der Waals surface area contributed by atoms with Crippen LogP contribution >= 0.6 is 15.9 Å². The maximum atomic E-state index is 12.9. The third-order valence-corrected chi connectivity index (χ3v) is 2.43. The van der Waals surface area contributed by atoms with Crippen molar-refractivity contribution in [2.45, 2.75) is 20.0 Å². The van der Waals surface area contributed by atoms with Gasteiger partial charge < -0.3 is 5.11 Å². The number of rotatable bonds is 1. The van der Waals surface area contributed by atoms with Crippen LogP contribution in [0.5, 0.6) is 0 Å². The Balaban J connectivity index is 0.00000121. The van der Waals surface area contributed by atoms with E-state index in [1.807, 2.05) is 13.8 Å². The largest absolute Gasteiger partial charge is 0.478 e. The van der Waals surface area contributed by atoms with Gasteiger partial charge in [-0.1, -0.05) is 13.8 Å². The Morgan fingerprint density at radius 2 is 1.76 bits per heavy atom. The van der Waals surface area contributed by atoms with Crippen LogP contribution in [0.15, 0.2) is 16.6 Å². The molecule has 1 aromatic rings. The third kappa shape index (κ3) is 3.69. The first-order chi connectivity index (χ1) is 7.75. The fraction of sp³-hybridized carbons (Fsp3) is 0.300. The smallest absolute Gasteiger partial charge is 0.417 e. The van der Waals surface area contributed by atoms with Gasteiger partial charge in [-0.25, -0.2) is 9.18 Å². The second-order valence-corrected chi connectivity index (χ2v) is 3.38. The van der Waals surface area contributed by atoms with Gasteiger partial charge in [-0.2, -0.15) is 13.2 Å². The van der Waals surface area contributed by atoms with E-state index in [0.29, 0.717) is 12.1 Å². The lowest BCUT2D eigenvalue weighted by molar-refractivity contribution is -0.138. The average Bonchev–Trinajstić information content (AvgIpc) is 2.18. The highest BCUT2D eigenvalue weighted by Crippen LogP contribution is 2.37. The molecule has 96 valence electrons. The van der Waals surface area contributed by atoms with Gasteiger partial charge in [0.25, 0.3) is 0 Å². The number of carboxylic acid groups (broad SMARTS) is 1. The summed E-state index contributed by atoms with van der Waals surface area (Å²) in [6.45, 7) is 4.00. The molecular formula is C10H9BrF4O2. The van der Waals surface area contributed by atoms with Crippen molar-refractivity contribution in [1.29, 1.82) is 0 Å². The summed E-state index contributed by atoms with van der Waals surface area (Å²) in [7, 11) is 0. The van der Waals surface area contributed by atoms with E-state index < -0.39 is 33.6 Å². The number of aromatic carboxylic acids is 1. The molecule has 17 heavy (non-hydrogen) atoms. The van der Waals surface area contributed by atoms with Crippen LogP contribution in [-0.4, -0.2) is 11.1 Å². The molecule has 0 unspecified atom stereocenters. The van der Waals surface area contributed by atoms with Crippen molar-refractivity contribution in [3.8, 4) is 0 Å². The molecule has 0 saturated carbocycles. The Hall–Kier alpha value is -1.11. The zero-order valence-electron chi connectivity index (χ0n) is 8.90. The van der Waals surface area contributed by atoms with Gasteiger partial charge in [0.2, 0.25) is 0 Å². The van der Waals surface area contributed by atoms with E-state index in [0.717, 1.165) is 0 Å². The van der Waals surface area contributed by atoms with Gasteiger partial charge >= 0.3 is 12.1 Å². The molecule has 0 aromatic heterocycles. The quantitative estimate of drug-likeness (QED) is 0.783. The molecule has 0 spiro atoms. The van der Waals surface area contributed by atoms with Crippen LogP contribution in [0, 0.1) is 5.82 Å². The highest BCUT2D eigenvalue weighted by molar-refractivity contribution is 9.10. The number of alkyl halides is 3. The molecule has 0 fully saturated rings. The monoisotopic (exact) mass is 316 g/mol. The molecule has 0 radical (unpaired) electrons. The Labute approximate surface area is 103 Å². The summed E-state index contributed by atoms with van der Waals surface area (Å²) in [5.74, 6) is -2.98. The van der Waals surface area contributed by atoms with Crippen molar-refractivity contribution in [2.24, 2.45) is 0 Å². The first-order valence-electron chi connectivity index (χ1n) is 4.53. The summed E-state index contributed by atoms with van der Waals surface area (Å²) in [5.41, 5.74) is -2.24. The lowest BCUT2D eigenvalue weighted by Gasteiger charge is -2.10. The van der Waals surface area contributed by atoms with Crippen molar-refractivity contribution < 1.29 is 27.5 Å². The van der Waals surface area contributed by atoms with Crippen molar-refractivity contribution in [1.82, 2.24) is 0 Å². The predicted octanol–water partition coefficient (Wildman–Crippen LogP) is 4.33. The molecule has 0 heterocycles. The van der Waals surface area contributed by atoms with Gasteiger partial charge in [-0.3, -0.25) is 0 Å². The summed E-state index contributed by atoms with van der Waals surface area (Å²) in [6.07, 6.45) is -4.73. The Kier molecular flexibility index (Phi) is 5.60. The topological polar surface area (TPSA) is 37.3 Å². The van der Waals surface area contributed by atoms with Crippen LogP contribution in [-0.2, 0) is 6.18 Å². The minimum Gasteiger partial charge on any atom is -0.478 e. The molecule has 0 aliphatic rings. The van der Waals surface area contributed by atoms with Crippen LogP contribution < -0.4 is 0 Å². The van der Waals surface area contributed by atoms with E-state index in [9.17, 15) is 22.4 Å². The van der Waals surface area contributed by atoms with Crippen LogP contribution in [0.2, 0.25) is 0 Å². The van der Waals surface area contributed by atoms with E-state index in [1.165, 1.54) is 0 Å². The molecule has 0 aliphatic heterocycles. The van der Waals surface area contributed by atoms with E-state index in [-0.39, 0.29) is 0 Å². The molecule has 2 nitrogen and oxygen atoms in total. The summed E-state index contributed by atoms with van der Waals surface area (Å²) < 4.78 is 48.9. The first kappa shape index (κ1) is 15.9. The van der Waals surface area contributed by atoms with Gasteiger partial charge in [0.15, 0.2) is 0 Å². The van der Waals surface area contributed by atoms with Crippen LogP contribution in [0.25, 0.3) is 0 Å². The van der Waals surface area contributed by atoms with Gasteiger partial charge in [0.05, 0.1) is 5.56 Å². The predicted molar refractivity (Wildman–Crippen MR) is 57.4 cm³/mol. The standard InChI is InChI=1S/C8H3BrF4O2.C2H6/c9-6-3(8(11,12)13)1-2-4(10)5(6)7(14)15;1-2/h1-2H,(H,14,15);1-2H3. The molecule has 0 amide bonds. The second kappa shape index (κ2) is 6.00. The normalized spacial score (nSPS) is 10.5. The molecular weight excluding hydrogens is 308 g/mol. The van der Waals surface area contributed by atoms with E-state index in [1.54, 1.807) is 0 Å². The zero-order chi connectivity index (χ0) is 13.8. The fourth-order valence-corrected chi connectivity index (χ4v) is 1.68. The summed E-state index contributed by atoms with van der Waals surface area (Å²) in [6, 6.07) is 0.947. The number of halogens is 5. The van der Waals surface area contributed by atoms with Gasteiger partial charge in [-0.05, 0) is 28.1 Å². The number of hydrogen-bond donors (Lipinski definition) is 1. The SMILES string of the molecule is CC.O=C(O)c1c(F)ccc(C(F)(F)F)c1Br. The van der Waals surface area contributed by atoms with Gasteiger partial charge in [-0.15, -0.1) is 0 Å². The highest BCUT2D eigenvalue weighted by atomic mass is 79.9. The van der Waals surface area contributed by atoms with Crippen LogP contribution in [0.1, 0.15) is 29.8 Å². The van der Waals surface area contributed by atoms with E-state index in [4.69, 9.17) is 5.11 Å². The average molecular weight is 317 g/mol. The van der Waals surface area contributed by atoms with Crippen molar-refractivity contribution in [3.63, 3.8) is 0 Å².